The van der Waals surface area contributed by atoms with Gasteiger partial charge in [0.2, 0.25) is 0 Å². The molecule has 0 aliphatic heterocycles. The van der Waals surface area contributed by atoms with Crippen molar-refractivity contribution in [1.29, 1.82) is 0 Å². The van der Waals surface area contributed by atoms with E-state index in [-0.39, 0.29) is 16.6 Å². The van der Waals surface area contributed by atoms with Gasteiger partial charge in [0.05, 0.1) is 17.1 Å². The highest BCUT2D eigenvalue weighted by Gasteiger charge is 2.18. The van der Waals surface area contributed by atoms with E-state index in [0.29, 0.717) is 0 Å². The summed E-state index contributed by atoms with van der Waals surface area (Å²) in [5.41, 5.74) is 0.128. The first-order valence-corrected chi connectivity index (χ1v) is 6.14. The Labute approximate surface area is 117 Å². The van der Waals surface area contributed by atoms with Crippen LogP contribution in [0, 0.1) is 5.82 Å². The van der Waals surface area contributed by atoms with E-state index in [4.69, 9.17) is 11.6 Å². The molecule has 0 aromatic heterocycles. The summed E-state index contributed by atoms with van der Waals surface area (Å²) < 4.78 is 17.7. The van der Waals surface area contributed by atoms with Crippen LogP contribution >= 0.6 is 27.5 Å². The maximum atomic E-state index is 13.2. The Hall–Kier alpha value is -1.14. The van der Waals surface area contributed by atoms with Crippen LogP contribution in [0.15, 0.2) is 22.7 Å². The van der Waals surface area contributed by atoms with Gasteiger partial charge in [-0.1, -0.05) is 6.07 Å². The second-order valence-electron chi connectivity index (χ2n) is 3.30. The van der Waals surface area contributed by atoms with Crippen LogP contribution in [-0.2, 0) is 9.53 Å². The number of alkyl halides is 1. The van der Waals surface area contributed by atoms with E-state index >= 15 is 0 Å². The summed E-state index contributed by atoms with van der Waals surface area (Å²) in [6, 6.07) is 4.08. The predicted octanol–water partition coefficient (Wildman–Crippen LogP) is 2.10. The SMILES string of the molecule is COC(=O)C(Cl)CNC(=O)c1cccc(F)c1Br. The Bertz CT molecular complexity index is 470. The molecule has 1 rings (SSSR count). The number of hydrogen-bond acceptors (Lipinski definition) is 3. The fourth-order valence-corrected chi connectivity index (χ4v) is 1.78. The first-order chi connectivity index (χ1) is 8.47. The topological polar surface area (TPSA) is 55.4 Å². The molecule has 1 atom stereocenters. The van der Waals surface area contributed by atoms with E-state index in [1.54, 1.807) is 0 Å². The van der Waals surface area contributed by atoms with Crippen LogP contribution in [0.1, 0.15) is 10.4 Å². The van der Waals surface area contributed by atoms with Gasteiger partial charge in [-0.3, -0.25) is 9.59 Å². The number of carbonyl (C=O) groups excluding carboxylic acids is 2. The molecule has 0 aliphatic carbocycles. The van der Waals surface area contributed by atoms with Gasteiger partial charge in [0.1, 0.15) is 11.2 Å². The van der Waals surface area contributed by atoms with Crippen molar-refractivity contribution in [2.75, 3.05) is 13.7 Å². The lowest BCUT2D eigenvalue weighted by atomic mass is 10.2. The van der Waals surface area contributed by atoms with Gasteiger partial charge in [-0.15, -0.1) is 11.6 Å². The van der Waals surface area contributed by atoms with E-state index in [0.717, 1.165) is 0 Å². The van der Waals surface area contributed by atoms with Crippen LogP contribution < -0.4 is 5.32 Å². The molecule has 0 aliphatic rings. The number of hydrogen-bond donors (Lipinski definition) is 1. The van der Waals surface area contributed by atoms with Gasteiger partial charge in [0, 0.05) is 6.54 Å². The third-order valence-corrected chi connectivity index (χ3v) is 3.23. The molecule has 1 amide bonds. The molecule has 0 spiro atoms. The molecule has 1 aromatic rings. The predicted molar refractivity (Wildman–Crippen MR) is 68.1 cm³/mol. The minimum absolute atomic E-state index is 0.0618. The zero-order valence-electron chi connectivity index (χ0n) is 9.38. The Balaban J connectivity index is 2.66. The Morgan fingerprint density at radius 2 is 2.22 bits per heavy atom. The van der Waals surface area contributed by atoms with Crippen molar-refractivity contribution in [2.24, 2.45) is 0 Å². The van der Waals surface area contributed by atoms with Crippen molar-refractivity contribution in [3.05, 3.63) is 34.1 Å². The van der Waals surface area contributed by atoms with Gasteiger partial charge in [-0.05, 0) is 28.1 Å². The van der Waals surface area contributed by atoms with Gasteiger partial charge in [0.15, 0.2) is 0 Å². The lowest BCUT2D eigenvalue weighted by molar-refractivity contribution is -0.140. The average molecular weight is 339 g/mol. The molecule has 0 heterocycles. The number of ether oxygens (including phenoxy) is 1. The lowest BCUT2D eigenvalue weighted by Gasteiger charge is -2.10. The Morgan fingerprint density at radius 3 is 2.83 bits per heavy atom. The van der Waals surface area contributed by atoms with Crippen molar-refractivity contribution in [3.63, 3.8) is 0 Å². The van der Waals surface area contributed by atoms with Crippen molar-refractivity contribution in [1.82, 2.24) is 5.32 Å². The molecule has 1 unspecified atom stereocenters. The van der Waals surface area contributed by atoms with Gasteiger partial charge in [-0.25, -0.2) is 4.39 Å². The average Bonchev–Trinajstić information content (AvgIpc) is 2.37. The molecule has 4 nitrogen and oxygen atoms in total. The largest absolute Gasteiger partial charge is 0.468 e. The zero-order chi connectivity index (χ0) is 13.7. The molecule has 0 fully saturated rings. The minimum Gasteiger partial charge on any atom is -0.468 e. The van der Waals surface area contributed by atoms with Crippen LogP contribution in [0.2, 0.25) is 0 Å². The number of amides is 1. The van der Waals surface area contributed by atoms with Crippen LogP contribution in [0.25, 0.3) is 0 Å². The van der Waals surface area contributed by atoms with Crippen LogP contribution in [0.4, 0.5) is 4.39 Å². The first-order valence-electron chi connectivity index (χ1n) is 4.91. The third kappa shape index (κ3) is 3.68. The molecule has 98 valence electrons. The zero-order valence-corrected chi connectivity index (χ0v) is 11.7. The van der Waals surface area contributed by atoms with Gasteiger partial charge >= 0.3 is 5.97 Å². The normalized spacial score (nSPS) is 11.8. The minimum atomic E-state index is -0.980. The van der Waals surface area contributed by atoms with Gasteiger partial charge in [0.25, 0.3) is 5.91 Å². The quantitative estimate of drug-likeness (QED) is 0.676. The smallest absolute Gasteiger partial charge is 0.325 e. The summed E-state index contributed by atoms with van der Waals surface area (Å²) in [5, 5.41) is 1.43. The molecular weight excluding hydrogens is 328 g/mol. The van der Waals surface area contributed by atoms with Crippen molar-refractivity contribution < 1.29 is 18.7 Å². The number of rotatable bonds is 4. The molecular formula is C11H10BrClFNO3. The summed E-state index contributed by atoms with van der Waals surface area (Å²) in [5.74, 6) is -1.72. The summed E-state index contributed by atoms with van der Waals surface area (Å²) in [4.78, 5) is 22.7. The van der Waals surface area contributed by atoms with E-state index in [1.165, 1.54) is 25.3 Å². The second-order valence-corrected chi connectivity index (χ2v) is 4.62. The van der Waals surface area contributed by atoms with Crippen molar-refractivity contribution in [3.8, 4) is 0 Å². The monoisotopic (exact) mass is 337 g/mol. The summed E-state index contributed by atoms with van der Waals surface area (Å²) >= 11 is 8.63. The van der Waals surface area contributed by atoms with E-state index < -0.39 is 23.1 Å². The molecule has 0 saturated carbocycles. The molecule has 1 N–H and O–H groups in total. The van der Waals surface area contributed by atoms with Gasteiger partial charge in [-0.2, -0.15) is 0 Å². The fraction of sp³-hybridized carbons (Fsp3) is 0.273. The maximum Gasteiger partial charge on any atom is 0.325 e. The number of benzene rings is 1. The van der Waals surface area contributed by atoms with E-state index in [9.17, 15) is 14.0 Å². The number of nitrogens with one attached hydrogen (secondary N) is 1. The number of methoxy groups -OCH3 is 1. The molecule has 0 bridgehead atoms. The summed E-state index contributed by atoms with van der Waals surface area (Å²) in [6.07, 6.45) is 0. The van der Waals surface area contributed by atoms with Gasteiger partial charge < -0.3 is 10.1 Å². The summed E-state index contributed by atoms with van der Waals surface area (Å²) in [6.45, 7) is -0.101. The van der Waals surface area contributed by atoms with Crippen LogP contribution in [-0.4, -0.2) is 30.9 Å². The van der Waals surface area contributed by atoms with Crippen molar-refractivity contribution >= 4 is 39.4 Å². The van der Waals surface area contributed by atoms with Crippen molar-refractivity contribution in [2.45, 2.75) is 5.38 Å². The standard InChI is InChI=1S/C11H10BrClFNO3/c1-18-11(17)7(13)5-15-10(16)6-3-2-4-8(14)9(6)12/h2-4,7H,5H2,1H3,(H,15,16). The van der Waals surface area contributed by atoms with E-state index in [2.05, 4.69) is 26.0 Å². The first kappa shape index (κ1) is 14.9. The molecule has 1 aromatic carbocycles. The van der Waals surface area contributed by atoms with Crippen LogP contribution in [0.5, 0.6) is 0 Å². The highest BCUT2D eigenvalue weighted by Crippen LogP contribution is 2.20. The van der Waals surface area contributed by atoms with E-state index in [1.807, 2.05) is 0 Å². The Morgan fingerprint density at radius 1 is 1.56 bits per heavy atom. The number of esters is 1. The van der Waals surface area contributed by atoms with Crippen LogP contribution in [0.3, 0.4) is 0 Å². The fourth-order valence-electron chi connectivity index (χ4n) is 1.17. The Kier molecular flexibility index (Phi) is 5.55. The number of halogens is 3. The maximum absolute atomic E-state index is 13.2. The summed E-state index contributed by atoms with van der Waals surface area (Å²) in [7, 11) is 1.20. The number of carbonyl (C=O) groups is 2. The highest BCUT2D eigenvalue weighted by atomic mass is 79.9. The molecule has 0 radical (unpaired) electrons. The molecule has 18 heavy (non-hydrogen) atoms. The third-order valence-electron chi connectivity index (χ3n) is 2.09. The highest BCUT2D eigenvalue weighted by molar-refractivity contribution is 9.10. The lowest BCUT2D eigenvalue weighted by Crippen LogP contribution is -2.34. The molecule has 7 heteroatoms. The molecule has 0 saturated heterocycles. The second kappa shape index (κ2) is 6.70.